The van der Waals surface area contributed by atoms with E-state index in [1.807, 2.05) is 30.3 Å². The Morgan fingerprint density at radius 3 is 2.47 bits per heavy atom. The molecule has 1 aliphatic rings. The van der Waals surface area contributed by atoms with Gasteiger partial charge in [0.05, 0.1) is 12.3 Å². The molecule has 11 heteroatoms. The van der Waals surface area contributed by atoms with Gasteiger partial charge in [-0.15, -0.1) is 10.2 Å². The van der Waals surface area contributed by atoms with Gasteiger partial charge in [0.2, 0.25) is 11.9 Å². The van der Waals surface area contributed by atoms with Gasteiger partial charge < -0.3 is 11.1 Å². The molecular formula is C23H24FN9S. The zero-order chi connectivity index (χ0) is 23.3. The first kappa shape index (κ1) is 22.2. The lowest BCUT2D eigenvalue weighted by Crippen LogP contribution is -2.21. The molecule has 0 aliphatic carbocycles. The third-order valence-corrected chi connectivity index (χ3v) is 6.33. The van der Waals surface area contributed by atoms with Gasteiger partial charge in [-0.25, -0.2) is 4.39 Å². The van der Waals surface area contributed by atoms with Crippen molar-refractivity contribution in [2.24, 2.45) is 0 Å². The zero-order valence-electron chi connectivity index (χ0n) is 18.4. The van der Waals surface area contributed by atoms with E-state index in [9.17, 15) is 4.39 Å². The van der Waals surface area contributed by atoms with Crippen LogP contribution >= 0.6 is 11.8 Å². The van der Waals surface area contributed by atoms with Crippen molar-refractivity contribution in [3.05, 3.63) is 72.1 Å². The van der Waals surface area contributed by atoms with Gasteiger partial charge in [-0.2, -0.15) is 15.0 Å². The molecule has 4 aromatic rings. The summed E-state index contributed by atoms with van der Waals surface area (Å²) in [7, 11) is 0. The maximum absolute atomic E-state index is 13.2. The second kappa shape index (κ2) is 10.1. The Hall–Kier alpha value is -3.57. The van der Waals surface area contributed by atoms with Gasteiger partial charge in [0.15, 0.2) is 11.0 Å². The summed E-state index contributed by atoms with van der Waals surface area (Å²) in [4.78, 5) is 15.3. The van der Waals surface area contributed by atoms with Gasteiger partial charge in [-0.3, -0.25) is 9.47 Å². The third-order valence-electron chi connectivity index (χ3n) is 5.41. The van der Waals surface area contributed by atoms with Crippen molar-refractivity contribution < 1.29 is 4.39 Å². The highest BCUT2D eigenvalue weighted by Gasteiger charge is 2.20. The van der Waals surface area contributed by atoms with Gasteiger partial charge in [0, 0.05) is 11.4 Å². The maximum atomic E-state index is 13.2. The molecule has 5 rings (SSSR count). The second-order valence-electron chi connectivity index (χ2n) is 7.91. The first-order valence-corrected chi connectivity index (χ1v) is 12.0. The summed E-state index contributed by atoms with van der Waals surface area (Å²) in [5.41, 5.74) is 7.58. The molecule has 1 aliphatic heterocycles. The standard InChI is InChI=1S/C23H24FN9S/c24-16-8-10-17(11-9-16)26-22-28-19(27-21(25)29-22)15-34-23-31-30-20(14-32-12-4-5-13-32)33(23)18-6-2-1-3-7-18/h1-3,6-11H,4-5,12-15H2,(H3,25,26,27,28,29). The van der Waals surface area contributed by atoms with Gasteiger partial charge >= 0.3 is 0 Å². The van der Waals surface area contributed by atoms with Crippen LogP contribution in [0.5, 0.6) is 0 Å². The minimum atomic E-state index is -0.315. The Bertz CT molecular complexity index is 1240. The van der Waals surface area contributed by atoms with Crippen LogP contribution in [0.15, 0.2) is 59.8 Å². The van der Waals surface area contributed by atoms with Crippen LogP contribution in [0, 0.1) is 5.82 Å². The van der Waals surface area contributed by atoms with E-state index in [-0.39, 0.29) is 11.8 Å². The molecule has 3 heterocycles. The smallest absolute Gasteiger partial charge is 0.232 e. The predicted octanol–water partition coefficient (Wildman–Crippen LogP) is 3.81. The second-order valence-corrected chi connectivity index (χ2v) is 8.85. The Morgan fingerprint density at radius 2 is 1.71 bits per heavy atom. The largest absolute Gasteiger partial charge is 0.368 e. The minimum Gasteiger partial charge on any atom is -0.368 e. The molecular weight excluding hydrogens is 453 g/mol. The number of benzene rings is 2. The number of rotatable bonds is 8. The molecule has 2 aromatic carbocycles. The van der Waals surface area contributed by atoms with Gasteiger partial charge in [-0.05, 0) is 62.3 Å². The van der Waals surface area contributed by atoms with E-state index in [4.69, 9.17) is 5.73 Å². The molecule has 0 saturated carbocycles. The monoisotopic (exact) mass is 477 g/mol. The quantitative estimate of drug-likeness (QED) is 0.366. The van der Waals surface area contributed by atoms with Gasteiger partial charge in [0.25, 0.3) is 0 Å². The average Bonchev–Trinajstić information content (AvgIpc) is 3.50. The normalized spacial score (nSPS) is 13.9. The summed E-state index contributed by atoms with van der Waals surface area (Å²) in [6, 6.07) is 16.0. The number of halogens is 1. The molecule has 1 saturated heterocycles. The highest BCUT2D eigenvalue weighted by Crippen LogP contribution is 2.26. The average molecular weight is 478 g/mol. The van der Waals surface area contributed by atoms with E-state index >= 15 is 0 Å². The molecule has 34 heavy (non-hydrogen) atoms. The van der Waals surface area contributed by atoms with E-state index in [1.54, 1.807) is 12.1 Å². The van der Waals surface area contributed by atoms with Crippen molar-refractivity contribution in [2.45, 2.75) is 30.3 Å². The fourth-order valence-corrected chi connectivity index (χ4v) is 4.65. The number of hydrogen-bond donors (Lipinski definition) is 2. The van der Waals surface area contributed by atoms with Crippen molar-refractivity contribution in [2.75, 3.05) is 24.1 Å². The van der Waals surface area contributed by atoms with Gasteiger partial charge in [0.1, 0.15) is 11.6 Å². The summed E-state index contributed by atoms with van der Waals surface area (Å²) in [6.45, 7) is 2.92. The van der Waals surface area contributed by atoms with Gasteiger partial charge in [-0.1, -0.05) is 30.0 Å². The molecule has 174 valence electrons. The number of thioether (sulfide) groups is 1. The molecule has 2 aromatic heterocycles. The number of anilines is 3. The topological polar surface area (TPSA) is 111 Å². The van der Waals surface area contributed by atoms with E-state index < -0.39 is 0 Å². The lowest BCUT2D eigenvalue weighted by atomic mass is 10.3. The van der Waals surface area contributed by atoms with Crippen molar-refractivity contribution in [3.63, 3.8) is 0 Å². The van der Waals surface area contributed by atoms with Crippen molar-refractivity contribution in [1.82, 2.24) is 34.6 Å². The number of para-hydroxylation sites is 1. The Labute approximate surface area is 200 Å². The SMILES string of the molecule is Nc1nc(CSc2nnc(CN3CCCC3)n2-c2ccccc2)nc(Nc2ccc(F)cc2)n1. The summed E-state index contributed by atoms with van der Waals surface area (Å²) in [6.07, 6.45) is 2.44. The van der Waals surface area contributed by atoms with E-state index in [1.165, 1.54) is 36.7 Å². The zero-order valence-corrected chi connectivity index (χ0v) is 19.2. The summed E-state index contributed by atoms with van der Waals surface area (Å²) < 4.78 is 15.3. The minimum absolute atomic E-state index is 0.106. The summed E-state index contributed by atoms with van der Waals surface area (Å²) in [5.74, 6) is 1.93. The number of likely N-dealkylation sites (tertiary alicyclic amines) is 1. The molecule has 3 N–H and O–H groups in total. The summed E-state index contributed by atoms with van der Waals surface area (Å²) >= 11 is 1.48. The molecule has 0 bridgehead atoms. The van der Waals surface area contributed by atoms with Crippen LogP contribution < -0.4 is 11.1 Å². The fraction of sp³-hybridized carbons (Fsp3) is 0.261. The molecule has 1 fully saturated rings. The predicted molar refractivity (Wildman–Crippen MR) is 129 cm³/mol. The lowest BCUT2D eigenvalue weighted by Gasteiger charge is -2.16. The molecule has 0 amide bonds. The number of nitrogen functional groups attached to an aromatic ring is 1. The maximum Gasteiger partial charge on any atom is 0.232 e. The highest BCUT2D eigenvalue weighted by molar-refractivity contribution is 7.98. The van der Waals surface area contributed by atoms with E-state index in [0.717, 1.165) is 36.3 Å². The van der Waals surface area contributed by atoms with Crippen LogP contribution in [0.25, 0.3) is 5.69 Å². The molecule has 0 radical (unpaired) electrons. The molecule has 9 nitrogen and oxygen atoms in total. The third kappa shape index (κ3) is 5.32. The van der Waals surface area contributed by atoms with Crippen LogP contribution in [0.4, 0.5) is 22.0 Å². The fourth-order valence-electron chi connectivity index (χ4n) is 3.82. The number of nitrogens with zero attached hydrogens (tertiary/aromatic N) is 7. The van der Waals surface area contributed by atoms with Crippen LogP contribution in [-0.2, 0) is 12.3 Å². The van der Waals surface area contributed by atoms with Crippen LogP contribution in [0.3, 0.4) is 0 Å². The first-order valence-electron chi connectivity index (χ1n) is 11.0. The van der Waals surface area contributed by atoms with Crippen molar-refractivity contribution >= 4 is 29.3 Å². The number of hydrogen-bond acceptors (Lipinski definition) is 9. The number of nitrogens with one attached hydrogen (secondary N) is 1. The highest BCUT2D eigenvalue weighted by atomic mass is 32.2. The summed E-state index contributed by atoms with van der Waals surface area (Å²) in [5, 5.41) is 12.8. The molecule has 0 unspecified atom stereocenters. The van der Waals surface area contributed by atoms with E-state index in [2.05, 4.69) is 39.9 Å². The number of aromatic nitrogens is 6. The Morgan fingerprint density at radius 1 is 0.941 bits per heavy atom. The van der Waals surface area contributed by atoms with Crippen LogP contribution in [-0.4, -0.2) is 47.7 Å². The van der Waals surface area contributed by atoms with Crippen LogP contribution in [0.2, 0.25) is 0 Å². The Kier molecular flexibility index (Phi) is 6.63. The molecule has 0 spiro atoms. The number of nitrogens with two attached hydrogens (primary N) is 1. The van der Waals surface area contributed by atoms with E-state index in [0.29, 0.717) is 23.2 Å². The Balaban J connectivity index is 1.36. The van der Waals surface area contributed by atoms with Crippen molar-refractivity contribution in [1.29, 1.82) is 0 Å². The molecule has 0 atom stereocenters. The lowest BCUT2D eigenvalue weighted by molar-refractivity contribution is 0.319. The van der Waals surface area contributed by atoms with Crippen LogP contribution in [0.1, 0.15) is 24.5 Å². The van der Waals surface area contributed by atoms with Crippen molar-refractivity contribution in [3.8, 4) is 5.69 Å². The first-order chi connectivity index (χ1) is 16.6.